The summed E-state index contributed by atoms with van der Waals surface area (Å²) in [7, 11) is 1.82. The highest BCUT2D eigenvalue weighted by atomic mass is 16.5. The van der Waals surface area contributed by atoms with Crippen molar-refractivity contribution in [2.45, 2.75) is 25.4 Å². The second-order valence-corrected chi connectivity index (χ2v) is 5.77. The average molecular weight is 299 g/mol. The fourth-order valence-electron chi connectivity index (χ4n) is 2.83. The van der Waals surface area contributed by atoms with Gasteiger partial charge in [-0.3, -0.25) is 9.69 Å². The minimum absolute atomic E-state index is 0.0448. The highest BCUT2D eigenvalue weighted by molar-refractivity contribution is 5.74. The van der Waals surface area contributed by atoms with E-state index in [1.165, 1.54) is 0 Å². The third-order valence-corrected chi connectivity index (χ3v) is 4.11. The summed E-state index contributed by atoms with van der Waals surface area (Å²) in [6, 6.07) is 0.0448. The van der Waals surface area contributed by atoms with Crippen LogP contribution in [0.4, 0.5) is 4.79 Å². The molecule has 0 radical (unpaired) electrons. The Morgan fingerprint density at radius 1 is 1.29 bits per heavy atom. The molecule has 120 valence electrons. The molecule has 2 heterocycles. The zero-order valence-electron chi connectivity index (χ0n) is 12.7. The standard InChI is InChI=1S/C14H25N3O4/c1-15(11-12-3-2-10-21-12)14(20)17-8-6-16(7-9-17)5-4-13(18)19/h12H,2-11H2,1H3,(H,18,19). The molecule has 21 heavy (non-hydrogen) atoms. The van der Waals surface area contributed by atoms with Gasteiger partial charge in [0.1, 0.15) is 0 Å². The topological polar surface area (TPSA) is 73.3 Å². The molecule has 7 nitrogen and oxygen atoms in total. The maximum absolute atomic E-state index is 12.3. The van der Waals surface area contributed by atoms with E-state index in [-0.39, 0.29) is 18.6 Å². The molecule has 0 aliphatic carbocycles. The number of likely N-dealkylation sites (N-methyl/N-ethyl adjacent to an activating group) is 1. The number of carboxylic acids is 1. The van der Waals surface area contributed by atoms with Gasteiger partial charge in [-0.05, 0) is 12.8 Å². The number of aliphatic carboxylic acids is 1. The van der Waals surface area contributed by atoms with Gasteiger partial charge in [0, 0.05) is 52.9 Å². The minimum atomic E-state index is -0.773. The number of carbonyl (C=O) groups is 2. The molecule has 0 aromatic carbocycles. The SMILES string of the molecule is CN(CC1CCCO1)C(=O)N1CCN(CCC(=O)O)CC1. The molecule has 2 amide bonds. The number of piperazine rings is 1. The largest absolute Gasteiger partial charge is 0.481 e. The summed E-state index contributed by atoms with van der Waals surface area (Å²) in [5.41, 5.74) is 0. The van der Waals surface area contributed by atoms with Gasteiger partial charge in [0.05, 0.1) is 12.5 Å². The fourth-order valence-corrected chi connectivity index (χ4v) is 2.83. The van der Waals surface area contributed by atoms with Gasteiger partial charge in [0.15, 0.2) is 0 Å². The number of amides is 2. The van der Waals surface area contributed by atoms with Crippen LogP contribution in [0.1, 0.15) is 19.3 Å². The first-order valence-electron chi connectivity index (χ1n) is 7.62. The summed E-state index contributed by atoms with van der Waals surface area (Å²) in [6.07, 6.45) is 2.44. The monoisotopic (exact) mass is 299 g/mol. The van der Waals surface area contributed by atoms with Crippen LogP contribution in [0.3, 0.4) is 0 Å². The number of nitrogens with zero attached hydrogens (tertiary/aromatic N) is 3. The maximum atomic E-state index is 12.3. The lowest BCUT2D eigenvalue weighted by atomic mass is 10.2. The Balaban J connectivity index is 1.70. The first-order chi connectivity index (χ1) is 10.1. The number of carboxylic acid groups (broad SMARTS) is 1. The van der Waals surface area contributed by atoms with E-state index in [9.17, 15) is 9.59 Å². The smallest absolute Gasteiger partial charge is 0.319 e. The van der Waals surface area contributed by atoms with Crippen LogP contribution < -0.4 is 0 Å². The van der Waals surface area contributed by atoms with E-state index in [1.807, 2.05) is 11.9 Å². The number of hydrogen-bond donors (Lipinski definition) is 1. The average Bonchev–Trinajstić information content (AvgIpc) is 2.97. The molecule has 0 aromatic rings. The second kappa shape index (κ2) is 7.61. The van der Waals surface area contributed by atoms with Crippen LogP contribution >= 0.6 is 0 Å². The van der Waals surface area contributed by atoms with Crippen molar-refractivity contribution in [1.29, 1.82) is 0 Å². The first kappa shape index (κ1) is 16.0. The molecule has 2 aliphatic rings. The normalized spacial score (nSPS) is 23.3. The van der Waals surface area contributed by atoms with Crippen molar-refractivity contribution in [3.8, 4) is 0 Å². The number of carbonyl (C=O) groups excluding carboxylic acids is 1. The molecule has 0 saturated carbocycles. The van der Waals surface area contributed by atoms with E-state index in [0.717, 1.165) is 32.5 Å². The number of ether oxygens (including phenoxy) is 1. The Labute approximate surface area is 125 Å². The van der Waals surface area contributed by atoms with Gasteiger partial charge in [-0.25, -0.2) is 4.79 Å². The molecule has 1 N–H and O–H groups in total. The lowest BCUT2D eigenvalue weighted by molar-refractivity contribution is -0.137. The van der Waals surface area contributed by atoms with Gasteiger partial charge in [-0.1, -0.05) is 0 Å². The summed E-state index contributed by atoms with van der Waals surface area (Å²) in [4.78, 5) is 28.6. The van der Waals surface area contributed by atoms with Gasteiger partial charge in [0.25, 0.3) is 0 Å². The zero-order chi connectivity index (χ0) is 15.2. The highest BCUT2D eigenvalue weighted by Gasteiger charge is 2.26. The Bertz CT molecular complexity index is 363. The van der Waals surface area contributed by atoms with Crippen LogP contribution in [0.2, 0.25) is 0 Å². The molecule has 2 aliphatic heterocycles. The summed E-state index contributed by atoms with van der Waals surface area (Å²) in [6.45, 7) is 4.82. The molecule has 1 unspecified atom stereocenters. The van der Waals surface area contributed by atoms with Gasteiger partial charge < -0.3 is 19.6 Å². The van der Waals surface area contributed by atoms with Crippen molar-refractivity contribution in [1.82, 2.24) is 14.7 Å². The Hall–Kier alpha value is -1.34. The first-order valence-corrected chi connectivity index (χ1v) is 7.62. The van der Waals surface area contributed by atoms with Gasteiger partial charge in [-0.15, -0.1) is 0 Å². The van der Waals surface area contributed by atoms with Crippen LogP contribution in [-0.2, 0) is 9.53 Å². The predicted octanol–water partition coefficient (Wildman–Crippen LogP) is 0.310. The van der Waals surface area contributed by atoms with E-state index < -0.39 is 5.97 Å². The van der Waals surface area contributed by atoms with Crippen molar-refractivity contribution < 1.29 is 19.4 Å². The van der Waals surface area contributed by atoms with Crippen LogP contribution in [-0.4, -0.2) is 90.8 Å². The van der Waals surface area contributed by atoms with E-state index in [2.05, 4.69) is 4.90 Å². The summed E-state index contributed by atoms with van der Waals surface area (Å²) in [5.74, 6) is -0.773. The summed E-state index contributed by atoms with van der Waals surface area (Å²) < 4.78 is 5.56. The van der Waals surface area contributed by atoms with Crippen LogP contribution in [0.25, 0.3) is 0 Å². The summed E-state index contributed by atoms with van der Waals surface area (Å²) >= 11 is 0. The molecular formula is C14H25N3O4. The van der Waals surface area contributed by atoms with E-state index in [0.29, 0.717) is 26.2 Å². The lowest BCUT2D eigenvalue weighted by Gasteiger charge is -2.36. The van der Waals surface area contributed by atoms with Crippen molar-refractivity contribution in [2.24, 2.45) is 0 Å². The molecule has 1 atom stereocenters. The van der Waals surface area contributed by atoms with E-state index in [4.69, 9.17) is 9.84 Å². The van der Waals surface area contributed by atoms with Crippen LogP contribution in [0, 0.1) is 0 Å². The Morgan fingerprint density at radius 2 is 2.00 bits per heavy atom. The molecule has 0 bridgehead atoms. The number of urea groups is 1. The van der Waals surface area contributed by atoms with Gasteiger partial charge in [-0.2, -0.15) is 0 Å². The third kappa shape index (κ3) is 4.86. The van der Waals surface area contributed by atoms with Crippen molar-refractivity contribution >= 4 is 12.0 Å². The van der Waals surface area contributed by atoms with E-state index >= 15 is 0 Å². The molecule has 0 spiro atoms. The van der Waals surface area contributed by atoms with Crippen molar-refractivity contribution in [3.63, 3.8) is 0 Å². The summed E-state index contributed by atoms with van der Waals surface area (Å²) in [5, 5.41) is 8.68. The predicted molar refractivity (Wildman–Crippen MR) is 77.3 cm³/mol. The number of rotatable bonds is 5. The molecule has 2 saturated heterocycles. The Morgan fingerprint density at radius 3 is 2.57 bits per heavy atom. The second-order valence-electron chi connectivity index (χ2n) is 5.77. The Kier molecular flexibility index (Phi) is 5.81. The van der Waals surface area contributed by atoms with Crippen molar-refractivity contribution in [3.05, 3.63) is 0 Å². The van der Waals surface area contributed by atoms with Crippen LogP contribution in [0.15, 0.2) is 0 Å². The lowest BCUT2D eigenvalue weighted by Crippen LogP contribution is -2.53. The van der Waals surface area contributed by atoms with E-state index in [1.54, 1.807) is 4.90 Å². The van der Waals surface area contributed by atoms with Crippen molar-refractivity contribution in [2.75, 3.05) is 52.9 Å². The molecule has 7 heteroatoms. The van der Waals surface area contributed by atoms with Gasteiger partial charge >= 0.3 is 12.0 Å². The van der Waals surface area contributed by atoms with Crippen LogP contribution in [0.5, 0.6) is 0 Å². The third-order valence-electron chi connectivity index (χ3n) is 4.11. The maximum Gasteiger partial charge on any atom is 0.319 e. The molecule has 2 rings (SSSR count). The fraction of sp³-hybridized carbons (Fsp3) is 0.857. The number of hydrogen-bond acceptors (Lipinski definition) is 4. The minimum Gasteiger partial charge on any atom is -0.481 e. The molecule has 2 fully saturated rings. The molecule has 0 aromatic heterocycles. The highest BCUT2D eigenvalue weighted by Crippen LogP contribution is 2.14. The zero-order valence-corrected chi connectivity index (χ0v) is 12.7. The quantitative estimate of drug-likeness (QED) is 0.791. The van der Waals surface area contributed by atoms with Gasteiger partial charge in [0.2, 0.25) is 0 Å². The molecular weight excluding hydrogens is 274 g/mol.